The first-order valence-electron chi connectivity index (χ1n) is 7.92. The number of methoxy groups -OCH3 is 1. The number of ether oxygens (including phenoxy) is 1. The van der Waals surface area contributed by atoms with Gasteiger partial charge < -0.3 is 20.4 Å². The molecule has 6 heteroatoms. The van der Waals surface area contributed by atoms with Gasteiger partial charge in [-0.1, -0.05) is 30.3 Å². The smallest absolute Gasteiger partial charge is 0.191 e. The van der Waals surface area contributed by atoms with Gasteiger partial charge in [-0.3, -0.25) is 4.99 Å². The molecule has 3 rings (SSSR count). The largest absolute Gasteiger partial charge is 0.497 e. The normalized spacial score (nSPS) is 11.0. The Labute approximate surface area is 164 Å². The third-order valence-electron chi connectivity index (χ3n) is 3.85. The Hall–Kier alpha value is -2.22. The minimum absolute atomic E-state index is 0. The van der Waals surface area contributed by atoms with Crippen molar-refractivity contribution in [2.75, 3.05) is 14.2 Å². The lowest BCUT2D eigenvalue weighted by molar-refractivity contribution is 0.414. The molecular weight excluding hydrogens is 427 g/mol. The molecule has 0 saturated heterocycles. The van der Waals surface area contributed by atoms with E-state index in [2.05, 4.69) is 44.9 Å². The predicted molar refractivity (Wildman–Crippen MR) is 114 cm³/mol. The number of hydrogen-bond donors (Lipinski definition) is 3. The molecule has 0 radical (unpaired) electrons. The van der Waals surface area contributed by atoms with Gasteiger partial charge >= 0.3 is 0 Å². The Morgan fingerprint density at radius 3 is 2.60 bits per heavy atom. The molecule has 25 heavy (non-hydrogen) atoms. The maximum absolute atomic E-state index is 5.24. The lowest BCUT2D eigenvalue weighted by Crippen LogP contribution is -2.36. The first-order valence-corrected chi connectivity index (χ1v) is 7.92. The number of hydrogen-bond acceptors (Lipinski definition) is 2. The summed E-state index contributed by atoms with van der Waals surface area (Å²) in [6, 6.07) is 18.4. The zero-order valence-corrected chi connectivity index (χ0v) is 16.7. The first-order chi connectivity index (χ1) is 11.8. The summed E-state index contributed by atoms with van der Waals surface area (Å²) < 4.78 is 5.24. The number of nitrogens with zero attached hydrogens (tertiary/aromatic N) is 1. The lowest BCUT2D eigenvalue weighted by atomic mass is 10.2. The molecule has 0 saturated carbocycles. The number of benzene rings is 2. The Morgan fingerprint density at radius 2 is 1.84 bits per heavy atom. The average Bonchev–Trinajstić information content (AvgIpc) is 3.05. The summed E-state index contributed by atoms with van der Waals surface area (Å²) in [5, 5.41) is 7.85. The van der Waals surface area contributed by atoms with Crippen molar-refractivity contribution in [3.63, 3.8) is 0 Å². The van der Waals surface area contributed by atoms with Gasteiger partial charge in [0.2, 0.25) is 0 Å². The fourth-order valence-corrected chi connectivity index (χ4v) is 2.60. The topological polar surface area (TPSA) is 61.4 Å². The van der Waals surface area contributed by atoms with Gasteiger partial charge in [-0.2, -0.15) is 0 Å². The van der Waals surface area contributed by atoms with E-state index in [1.54, 1.807) is 14.2 Å². The summed E-state index contributed by atoms with van der Waals surface area (Å²) in [4.78, 5) is 7.67. The van der Waals surface area contributed by atoms with E-state index < -0.39 is 0 Å². The zero-order chi connectivity index (χ0) is 16.8. The molecule has 5 nitrogen and oxygen atoms in total. The van der Waals surface area contributed by atoms with Crippen LogP contribution < -0.4 is 15.4 Å². The maximum Gasteiger partial charge on any atom is 0.191 e. The molecule has 132 valence electrons. The molecule has 0 atom stereocenters. The second kappa shape index (κ2) is 9.31. The maximum atomic E-state index is 5.24. The van der Waals surface area contributed by atoms with Crippen molar-refractivity contribution in [3.05, 3.63) is 65.9 Å². The van der Waals surface area contributed by atoms with Crippen LogP contribution in [-0.4, -0.2) is 25.1 Å². The number of fused-ring (bicyclic) bond motifs is 1. The third kappa shape index (κ3) is 5.12. The van der Waals surface area contributed by atoms with Gasteiger partial charge in [0.25, 0.3) is 0 Å². The minimum Gasteiger partial charge on any atom is -0.497 e. The van der Waals surface area contributed by atoms with E-state index in [1.165, 1.54) is 5.39 Å². The predicted octanol–water partition coefficient (Wildman–Crippen LogP) is 3.66. The monoisotopic (exact) mass is 450 g/mol. The van der Waals surface area contributed by atoms with Crippen molar-refractivity contribution in [2.45, 2.75) is 13.1 Å². The summed E-state index contributed by atoms with van der Waals surface area (Å²) in [6.07, 6.45) is 0. The Balaban J connectivity index is 0.00000225. The third-order valence-corrected chi connectivity index (χ3v) is 3.85. The quantitative estimate of drug-likeness (QED) is 0.316. The van der Waals surface area contributed by atoms with E-state index in [9.17, 15) is 0 Å². The number of aliphatic imine (C=N–C) groups is 1. The summed E-state index contributed by atoms with van der Waals surface area (Å²) in [6.45, 7) is 1.37. The number of para-hydroxylation sites is 1. The molecule has 1 heterocycles. The number of nitrogens with one attached hydrogen (secondary N) is 3. The van der Waals surface area contributed by atoms with Crippen LogP contribution >= 0.6 is 24.0 Å². The molecule has 3 aromatic rings. The molecular formula is C19H23IN4O. The van der Waals surface area contributed by atoms with Crippen LogP contribution in [0.15, 0.2) is 59.6 Å². The van der Waals surface area contributed by atoms with Crippen molar-refractivity contribution in [1.82, 2.24) is 15.6 Å². The number of halogens is 1. The van der Waals surface area contributed by atoms with E-state index in [-0.39, 0.29) is 24.0 Å². The molecule has 0 aliphatic rings. The van der Waals surface area contributed by atoms with Crippen molar-refractivity contribution < 1.29 is 4.74 Å². The SMILES string of the molecule is CN=C(NCc1cccc(OC)c1)NCc1cc2ccccc2[nH]1.I. The molecule has 1 aromatic heterocycles. The van der Waals surface area contributed by atoms with Gasteiger partial charge in [0.05, 0.1) is 13.7 Å². The Bertz CT molecular complexity index is 811. The van der Waals surface area contributed by atoms with Crippen LogP contribution in [0, 0.1) is 0 Å². The average molecular weight is 450 g/mol. The van der Waals surface area contributed by atoms with Crippen LogP contribution in [0.5, 0.6) is 5.75 Å². The van der Waals surface area contributed by atoms with Crippen LogP contribution in [-0.2, 0) is 13.1 Å². The Morgan fingerprint density at radius 1 is 1.04 bits per heavy atom. The second-order valence-electron chi connectivity index (χ2n) is 5.51. The standard InChI is InChI=1S/C19H22N4O.HI/c1-20-19(21-12-14-6-5-8-17(10-14)24-2)22-13-16-11-15-7-3-4-9-18(15)23-16;/h3-11,23H,12-13H2,1-2H3,(H2,20,21,22);1H. The highest BCUT2D eigenvalue weighted by Crippen LogP contribution is 2.14. The van der Waals surface area contributed by atoms with E-state index >= 15 is 0 Å². The van der Waals surface area contributed by atoms with Gasteiger partial charge in [0.15, 0.2) is 5.96 Å². The minimum atomic E-state index is 0. The van der Waals surface area contributed by atoms with Gasteiger partial charge in [-0.05, 0) is 35.2 Å². The molecule has 3 N–H and O–H groups in total. The van der Waals surface area contributed by atoms with Gasteiger partial charge in [-0.25, -0.2) is 0 Å². The van der Waals surface area contributed by atoms with E-state index in [4.69, 9.17) is 4.74 Å². The number of aromatic nitrogens is 1. The van der Waals surface area contributed by atoms with Crippen molar-refractivity contribution in [1.29, 1.82) is 0 Å². The van der Waals surface area contributed by atoms with E-state index in [0.29, 0.717) is 13.1 Å². The van der Waals surface area contributed by atoms with Crippen LogP contribution in [0.3, 0.4) is 0 Å². The van der Waals surface area contributed by atoms with Crippen LogP contribution in [0.1, 0.15) is 11.3 Å². The molecule has 0 fully saturated rings. The molecule has 0 aliphatic heterocycles. The van der Waals surface area contributed by atoms with Crippen LogP contribution in [0.4, 0.5) is 0 Å². The van der Waals surface area contributed by atoms with E-state index in [0.717, 1.165) is 28.5 Å². The summed E-state index contributed by atoms with van der Waals surface area (Å²) in [7, 11) is 3.44. The van der Waals surface area contributed by atoms with Gasteiger partial charge in [0, 0.05) is 24.8 Å². The van der Waals surface area contributed by atoms with Crippen molar-refractivity contribution >= 4 is 40.8 Å². The van der Waals surface area contributed by atoms with Crippen molar-refractivity contribution in [3.8, 4) is 5.75 Å². The second-order valence-corrected chi connectivity index (χ2v) is 5.51. The number of guanidine groups is 1. The fourth-order valence-electron chi connectivity index (χ4n) is 2.60. The summed E-state index contributed by atoms with van der Waals surface area (Å²) in [5.41, 5.74) is 3.41. The molecule has 0 bridgehead atoms. The molecule has 0 spiro atoms. The summed E-state index contributed by atoms with van der Waals surface area (Å²) >= 11 is 0. The highest BCUT2D eigenvalue weighted by atomic mass is 127. The van der Waals surface area contributed by atoms with Gasteiger partial charge in [-0.15, -0.1) is 24.0 Å². The lowest BCUT2D eigenvalue weighted by Gasteiger charge is -2.12. The molecule has 0 unspecified atom stereocenters. The first kappa shape index (κ1) is 19.1. The zero-order valence-electron chi connectivity index (χ0n) is 14.4. The highest BCUT2D eigenvalue weighted by Gasteiger charge is 2.03. The van der Waals surface area contributed by atoms with Crippen LogP contribution in [0.2, 0.25) is 0 Å². The highest BCUT2D eigenvalue weighted by molar-refractivity contribution is 14.0. The van der Waals surface area contributed by atoms with Crippen LogP contribution in [0.25, 0.3) is 10.9 Å². The van der Waals surface area contributed by atoms with Gasteiger partial charge in [0.1, 0.15) is 5.75 Å². The number of H-pyrrole nitrogens is 1. The molecule has 2 aromatic carbocycles. The molecule has 0 amide bonds. The van der Waals surface area contributed by atoms with Crippen molar-refractivity contribution in [2.24, 2.45) is 4.99 Å². The number of aromatic amines is 1. The molecule has 0 aliphatic carbocycles. The fraction of sp³-hybridized carbons (Fsp3) is 0.211. The summed E-state index contributed by atoms with van der Waals surface area (Å²) in [5.74, 6) is 1.62. The number of rotatable bonds is 5. The Kier molecular flexibility index (Phi) is 7.12. The van der Waals surface area contributed by atoms with E-state index in [1.807, 2.05) is 30.3 Å².